The SMILES string of the molecule is COc1ccc(CCNC(=O)c2cnc(NCc3ccc(Cl)cc3)cn2)cc1. The summed E-state index contributed by atoms with van der Waals surface area (Å²) in [5, 5.41) is 6.71. The number of aromatic nitrogens is 2. The van der Waals surface area contributed by atoms with Crippen molar-refractivity contribution in [2.75, 3.05) is 19.0 Å². The van der Waals surface area contributed by atoms with Crippen LogP contribution in [0.25, 0.3) is 0 Å². The first kappa shape index (κ1) is 19.6. The Labute approximate surface area is 168 Å². The van der Waals surface area contributed by atoms with Gasteiger partial charge in [0.1, 0.15) is 17.3 Å². The minimum atomic E-state index is -0.245. The van der Waals surface area contributed by atoms with E-state index in [1.54, 1.807) is 13.3 Å². The number of hydrogen-bond acceptors (Lipinski definition) is 5. The lowest BCUT2D eigenvalue weighted by molar-refractivity contribution is 0.0949. The van der Waals surface area contributed by atoms with Crippen LogP contribution in [-0.4, -0.2) is 29.5 Å². The van der Waals surface area contributed by atoms with Crippen LogP contribution in [0.15, 0.2) is 60.9 Å². The minimum absolute atomic E-state index is 0.245. The average Bonchev–Trinajstić information content (AvgIpc) is 2.74. The molecule has 0 atom stereocenters. The highest BCUT2D eigenvalue weighted by atomic mass is 35.5. The third-order valence-electron chi connectivity index (χ3n) is 4.13. The third-order valence-corrected chi connectivity index (χ3v) is 4.38. The van der Waals surface area contributed by atoms with Gasteiger partial charge in [0.2, 0.25) is 0 Å². The summed E-state index contributed by atoms with van der Waals surface area (Å²) in [6.07, 6.45) is 3.74. The smallest absolute Gasteiger partial charge is 0.271 e. The lowest BCUT2D eigenvalue weighted by atomic mass is 10.1. The van der Waals surface area contributed by atoms with E-state index in [1.807, 2.05) is 48.5 Å². The van der Waals surface area contributed by atoms with Crippen molar-refractivity contribution in [3.63, 3.8) is 0 Å². The Morgan fingerprint density at radius 3 is 2.36 bits per heavy atom. The van der Waals surface area contributed by atoms with E-state index < -0.39 is 0 Å². The van der Waals surface area contributed by atoms with Gasteiger partial charge in [-0.15, -0.1) is 0 Å². The highest BCUT2D eigenvalue weighted by molar-refractivity contribution is 6.30. The monoisotopic (exact) mass is 396 g/mol. The Balaban J connectivity index is 1.45. The predicted molar refractivity (Wildman–Crippen MR) is 110 cm³/mol. The third kappa shape index (κ3) is 5.69. The second-order valence-corrected chi connectivity index (χ2v) is 6.56. The van der Waals surface area contributed by atoms with Crippen LogP contribution in [0.2, 0.25) is 5.02 Å². The van der Waals surface area contributed by atoms with Gasteiger partial charge in [0.25, 0.3) is 5.91 Å². The molecule has 7 heteroatoms. The van der Waals surface area contributed by atoms with Crippen LogP contribution in [-0.2, 0) is 13.0 Å². The lowest BCUT2D eigenvalue weighted by Gasteiger charge is -2.08. The molecule has 0 aliphatic rings. The molecule has 2 aromatic carbocycles. The zero-order chi connectivity index (χ0) is 19.8. The fourth-order valence-electron chi connectivity index (χ4n) is 2.53. The van der Waals surface area contributed by atoms with Crippen LogP contribution in [0.5, 0.6) is 5.75 Å². The van der Waals surface area contributed by atoms with Gasteiger partial charge < -0.3 is 15.4 Å². The number of benzene rings is 2. The van der Waals surface area contributed by atoms with Crippen LogP contribution in [0.4, 0.5) is 5.82 Å². The van der Waals surface area contributed by atoms with Crippen LogP contribution in [0.1, 0.15) is 21.6 Å². The van der Waals surface area contributed by atoms with Crippen LogP contribution >= 0.6 is 11.6 Å². The largest absolute Gasteiger partial charge is 0.497 e. The molecule has 0 bridgehead atoms. The van der Waals surface area contributed by atoms with Crippen LogP contribution in [0.3, 0.4) is 0 Å². The molecule has 0 spiro atoms. The highest BCUT2D eigenvalue weighted by Gasteiger charge is 2.07. The first-order valence-electron chi connectivity index (χ1n) is 8.85. The number of rotatable bonds is 8. The number of nitrogens with one attached hydrogen (secondary N) is 2. The molecule has 0 saturated heterocycles. The molecule has 1 heterocycles. The Morgan fingerprint density at radius 2 is 1.71 bits per heavy atom. The zero-order valence-electron chi connectivity index (χ0n) is 15.5. The summed E-state index contributed by atoms with van der Waals surface area (Å²) in [6, 6.07) is 15.3. The number of halogens is 1. The molecule has 6 nitrogen and oxygen atoms in total. The number of amides is 1. The summed E-state index contributed by atoms with van der Waals surface area (Å²) >= 11 is 5.87. The van der Waals surface area contributed by atoms with E-state index >= 15 is 0 Å². The number of anilines is 1. The molecule has 1 aromatic heterocycles. The molecule has 2 N–H and O–H groups in total. The predicted octanol–water partition coefficient (Wildman–Crippen LogP) is 3.72. The lowest BCUT2D eigenvalue weighted by Crippen LogP contribution is -2.26. The molecule has 0 fully saturated rings. The summed E-state index contributed by atoms with van der Waals surface area (Å²) in [5.41, 5.74) is 2.48. The van der Waals surface area contributed by atoms with Crippen molar-refractivity contribution in [3.8, 4) is 5.75 Å². The van der Waals surface area contributed by atoms with Crippen molar-refractivity contribution in [2.24, 2.45) is 0 Å². The minimum Gasteiger partial charge on any atom is -0.497 e. The molecule has 0 saturated carbocycles. The summed E-state index contributed by atoms with van der Waals surface area (Å²) in [7, 11) is 1.63. The van der Waals surface area contributed by atoms with Crippen molar-refractivity contribution in [3.05, 3.63) is 82.8 Å². The number of methoxy groups -OCH3 is 1. The van der Waals surface area contributed by atoms with E-state index in [4.69, 9.17) is 16.3 Å². The number of nitrogens with zero attached hydrogens (tertiary/aromatic N) is 2. The van der Waals surface area contributed by atoms with E-state index in [2.05, 4.69) is 20.6 Å². The van der Waals surface area contributed by atoms with Crippen molar-refractivity contribution in [1.82, 2.24) is 15.3 Å². The van der Waals surface area contributed by atoms with Gasteiger partial charge in [-0.1, -0.05) is 35.9 Å². The highest BCUT2D eigenvalue weighted by Crippen LogP contribution is 2.12. The standard InChI is InChI=1S/C21H21ClN4O2/c1-28-18-8-4-15(5-9-18)10-11-23-21(27)19-13-26-20(14-24-19)25-12-16-2-6-17(22)7-3-16/h2-9,13-14H,10-12H2,1H3,(H,23,27)(H,25,26). The summed E-state index contributed by atoms with van der Waals surface area (Å²) in [6.45, 7) is 1.11. The number of carbonyl (C=O) groups excluding carboxylic acids is 1. The van der Waals surface area contributed by atoms with Crippen molar-refractivity contribution < 1.29 is 9.53 Å². The van der Waals surface area contributed by atoms with E-state index in [-0.39, 0.29) is 11.6 Å². The zero-order valence-corrected chi connectivity index (χ0v) is 16.2. The van der Waals surface area contributed by atoms with Crippen LogP contribution < -0.4 is 15.4 Å². The first-order valence-corrected chi connectivity index (χ1v) is 9.23. The van der Waals surface area contributed by atoms with Gasteiger partial charge in [-0.2, -0.15) is 0 Å². The van der Waals surface area contributed by atoms with Crippen molar-refractivity contribution in [2.45, 2.75) is 13.0 Å². The van der Waals surface area contributed by atoms with Crippen molar-refractivity contribution in [1.29, 1.82) is 0 Å². The summed E-state index contributed by atoms with van der Waals surface area (Å²) < 4.78 is 5.13. The molecule has 28 heavy (non-hydrogen) atoms. The Kier molecular flexibility index (Phi) is 6.81. The molecule has 0 radical (unpaired) electrons. The molecule has 3 rings (SSSR count). The maximum absolute atomic E-state index is 12.2. The molecule has 0 unspecified atom stereocenters. The van der Waals surface area contributed by atoms with Gasteiger partial charge in [0.05, 0.1) is 19.5 Å². The van der Waals surface area contributed by atoms with Gasteiger partial charge >= 0.3 is 0 Å². The Hall–Kier alpha value is -3.12. The van der Waals surface area contributed by atoms with E-state index in [1.165, 1.54) is 6.20 Å². The maximum atomic E-state index is 12.2. The first-order chi connectivity index (χ1) is 13.6. The van der Waals surface area contributed by atoms with E-state index in [0.29, 0.717) is 23.9 Å². The quantitative estimate of drug-likeness (QED) is 0.606. The average molecular weight is 397 g/mol. The molecular weight excluding hydrogens is 376 g/mol. The normalized spacial score (nSPS) is 10.4. The maximum Gasteiger partial charge on any atom is 0.271 e. The Bertz CT molecular complexity index is 897. The summed E-state index contributed by atoms with van der Waals surface area (Å²) in [4.78, 5) is 20.6. The van der Waals surface area contributed by atoms with Gasteiger partial charge in [-0.3, -0.25) is 4.79 Å². The van der Waals surface area contributed by atoms with Crippen molar-refractivity contribution >= 4 is 23.3 Å². The number of hydrogen-bond donors (Lipinski definition) is 2. The van der Waals surface area contributed by atoms with Crippen LogP contribution in [0, 0.1) is 0 Å². The second kappa shape index (κ2) is 9.71. The second-order valence-electron chi connectivity index (χ2n) is 6.12. The summed E-state index contributed by atoms with van der Waals surface area (Å²) in [5.74, 6) is 1.17. The topological polar surface area (TPSA) is 76.1 Å². The van der Waals surface area contributed by atoms with Gasteiger partial charge in [-0.25, -0.2) is 9.97 Å². The number of carbonyl (C=O) groups is 1. The fraction of sp³-hybridized carbons (Fsp3) is 0.190. The fourth-order valence-corrected chi connectivity index (χ4v) is 2.66. The molecule has 144 valence electrons. The van der Waals surface area contributed by atoms with E-state index in [9.17, 15) is 4.79 Å². The number of ether oxygens (including phenoxy) is 1. The molecular formula is C21H21ClN4O2. The van der Waals surface area contributed by atoms with E-state index in [0.717, 1.165) is 23.3 Å². The molecule has 1 amide bonds. The molecule has 0 aliphatic carbocycles. The Morgan fingerprint density at radius 1 is 1.00 bits per heavy atom. The van der Waals surface area contributed by atoms with Gasteiger partial charge in [0.15, 0.2) is 0 Å². The molecule has 0 aliphatic heterocycles. The molecule has 3 aromatic rings. The van der Waals surface area contributed by atoms with Gasteiger partial charge in [0, 0.05) is 18.1 Å². The van der Waals surface area contributed by atoms with Gasteiger partial charge in [-0.05, 0) is 41.8 Å².